The quantitative estimate of drug-likeness (QED) is 0.635. The molecule has 0 aliphatic heterocycles. The minimum atomic E-state index is 0.719. The Morgan fingerprint density at radius 1 is 1.55 bits per heavy atom. The van der Waals surface area contributed by atoms with Gasteiger partial charge < -0.3 is 9.64 Å². The molecule has 0 heterocycles. The van der Waals surface area contributed by atoms with Crippen molar-refractivity contribution in [3.63, 3.8) is 0 Å². The van der Waals surface area contributed by atoms with Crippen LogP contribution in [0.5, 0.6) is 0 Å². The van der Waals surface area contributed by atoms with Crippen LogP contribution in [0.4, 0.5) is 0 Å². The van der Waals surface area contributed by atoms with E-state index in [0.29, 0.717) is 0 Å². The number of methoxy groups -OCH3 is 1. The summed E-state index contributed by atoms with van der Waals surface area (Å²) in [5.74, 6) is 0.719. The highest BCUT2D eigenvalue weighted by atomic mass is 79.9. The highest BCUT2D eigenvalue weighted by Gasteiger charge is 2.03. The highest BCUT2D eigenvalue weighted by Crippen LogP contribution is 2.01. The summed E-state index contributed by atoms with van der Waals surface area (Å²) in [6.07, 6.45) is 0. The first kappa shape index (κ1) is 11.4. The van der Waals surface area contributed by atoms with Crippen LogP contribution in [0.2, 0.25) is 0 Å². The number of rotatable bonds is 6. The van der Waals surface area contributed by atoms with Crippen molar-refractivity contribution in [1.29, 1.82) is 0 Å². The predicted octanol–water partition coefficient (Wildman–Crippen LogP) is 1.60. The van der Waals surface area contributed by atoms with Gasteiger partial charge in [0.15, 0.2) is 0 Å². The van der Waals surface area contributed by atoms with Crippen LogP contribution in [-0.2, 0) is 4.74 Å². The van der Waals surface area contributed by atoms with E-state index in [1.54, 1.807) is 7.11 Å². The zero-order valence-corrected chi connectivity index (χ0v) is 9.23. The normalized spacial score (nSPS) is 13.9. The average molecular weight is 224 g/mol. The van der Waals surface area contributed by atoms with Crippen LogP contribution in [0.25, 0.3) is 0 Å². The third-order valence-corrected chi connectivity index (χ3v) is 2.67. The van der Waals surface area contributed by atoms with E-state index in [4.69, 9.17) is 4.74 Å². The molecule has 11 heavy (non-hydrogen) atoms. The van der Waals surface area contributed by atoms with Crippen LogP contribution in [0.1, 0.15) is 6.92 Å². The second-order valence-electron chi connectivity index (χ2n) is 3.01. The fraction of sp³-hybridized carbons (Fsp3) is 1.00. The molecule has 0 fully saturated rings. The number of hydrogen-bond acceptors (Lipinski definition) is 2. The third kappa shape index (κ3) is 6.78. The first-order chi connectivity index (χ1) is 5.20. The van der Waals surface area contributed by atoms with Crippen LogP contribution in [0, 0.1) is 5.92 Å². The van der Waals surface area contributed by atoms with E-state index in [-0.39, 0.29) is 0 Å². The summed E-state index contributed by atoms with van der Waals surface area (Å²) in [6, 6.07) is 0. The van der Waals surface area contributed by atoms with Crippen LogP contribution in [0.3, 0.4) is 0 Å². The first-order valence-corrected chi connectivity index (χ1v) is 5.06. The lowest BCUT2D eigenvalue weighted by Crippen LogP contribution is -2.28. The van der Waals surface area contributed by atoms with E-state index in [1.807, 2.05) is 0 Å². The second-order valence-corrected chi connectivity index (χ2v) is 3.66. The maximum Gasteiger partial charge on any atom is 0.0589 e. The lowest BCUT2D eigenvalue weighted by atomic mass is 10.2. The molecule has 2 nitrogen and oxygen atoms in total. The fourth-order valence-electron chi connectivity index (χ4n) is 0.919. The maximum absolute atomic E-state index is 4.97. The Hall–Kier alpha value is 0.400. The molecule has 68 valence electrons. The van der Waals surface area contributed by atoms with Crippen molar-refractivity contribution in [3.8, 4) is 0 Å². The van der Waals surface area contributed by atoms with Crippen molar-refractivity contribution in [2.24, 2.45) is 5.92 Å². The Morgan fingerprint density at radius 2 is 2.18 bits per heavy atom. The van der Waals surface area contributed by atoms with E-state index in [2.05, 4.69) is 34.8 Å². The molecule has 0 amide bonds. The summed E-state index contributed by atoms with van der Waals surface area (Å²) < 4.78 is 4.97. The topological polar surface area (TPSA) is 12.5 Å². The van der Waals surface area contributed by atoms with E-state index in [0.717, 1.165) is 30.9 Å². The standard InChI is InChI=1S/C8H18BrNO/c1-8(6-9)7-10(2)4-5-11-3/h8H,4-7H2,1-3H3. The van der Waals surface area contributed by atoms with Gasteiger partial charge in [-0.25, -0.2) is 0 Å². The Bertz CT molecular complexity index is 90.2. The molecule has 0 rings (SSSR count). The van der Waals surface area contributed by atoms with Crippen LogP contribution in [0.15, 0.2) is 0 Å². The molecule has 1 atom stereocenters. The highest BCUT2D eigenvalue weighted by molar-refractivity contribution is 9.09. The van der Waals surface area contributed by atoms with E-state index >= 15 is 0 Å². The number of likely N-dealkylation sites (N-methyl/N-ethyl adjacent to an activating group) is 1. The SMILES string of the molecule is COCCN(C)CC(C)CBr. The number of nitrogens with zero attached hydrogens (tertiary/aromatic N) is 1. The molecule has 0 N–H and O–H groups in total. The first-order valence-electron chi connectivity index (χ1n) is 3.94. The number of halogens is 1. The number of hydrogen-bond donors (Lipinski definition) is 0. The monoisotopic (exact) mass is 223 g/mol. The van der Waals surface area contributed by atoms with Crippen molar-refractivity contribution in [2.45, 2.75) is 6.92 Å². The van der Waals surface area contributed by atoms with E-state index in [9.17, 15) is 0 Å². The van der Waals surface area contributed by atoms with Gasteiger partial charge in [0, 0.05) is 25.5 Å². The predicted molar refractivity (Wildman–Crippen MR) is 52.3 cm³/mol. The molecule has 0 radical (unpaired) electrons. The molecule has 0 spiro atoms. The molecule has 0 saturated heterocycles. The molecule has 0 aliphatic rings. The summed E-state index contributed by atoms with van der Waals surface area (Å²) in [4.78, 5) is 2.29. The van der Waals surface area contributed by atoms with Gasteiger partial charge in [-0.2, -0.15) is 0 Å². The Morgan fingerprint density at radius 3 is 2.64 bits per heavy atom. The molecular weight excluding hydrogens is 206 g/mol. The lowest BCUT2D eigenvalue weighted by molar-refractivity contribution is 0.156. The third-order valence-electron chi connectivity index (χ3n) is 1.56. The van der Waals surface area contributed by atoms with Gasteiger partial charge in [0.2, 0.25) is 0 Å². The summed E-state index contributed by atoms with van der Waals surface area (Å²) >= 11 is 3.45. The Labute approximate surface area is 78.0 Å². The lowest BCUT2D eigenvalue weighted by Gasteiger charge is -2.19. The van der Waals surface area contributed by atoms with Crippen molar-refractivity contribution < 1.29 is 4.74 Å². The molecule has 0 saturated carbocycles. The van der Waals surface area contributed by atoms with Gasteiger partial charge in [-0.1, -0.05) is 22.9 Å². The minimum absolute atomic E-state index is 0.719. The van der Waals surface area contributed by atoms with Gasteiger partial charge in [0.25, 0.3) is 0 Å². The second kappa shape index (κ2) is 7.07. The average Bonchev–Trinajstić information content (AvgIpc) is 2.00. The number of ether oxygens (including phenoxy) is 1. The van der Waals surface area contributed by atoms with Crippen molar-refractivity contribution in [2.75, 3.05) is 39.2 Å². The van der Waals surface area contributed by atoms with Crippen molar-refractivity contribution in [3.05, 3.63) is 0 Å². The van der Waals surface area contributed by atoms with Gasteiger partial charge in [-0.3, -0.25) is 0 Å². The summed E-state index contributed by atoms with van der Waals surface area (Å²) in [5.41, 5.74) is 0. The van der Waals surface area contributed by atoms with E-state index < -0.39 is 0 Å². The van der Waals surface area contributed by atoms with Crippen LogP contribution in [-0.4, -0.2) is 44.1 Å². The largest absolute Gasteiger partial charge is 0.383 e. The van der Waals surface area contributed by atoms with Gasteiger partial charge in [-0.15, -0.1) is 0 Å². The van der Waals surface area contributed by atoms with E-state index in [1.165, 1.54) is 0 Å². The summed E-state index contributed by atoms with van der Waals surface area (Å²) in [7, 11) is 3.86. The van der Waals surface area contributed by atoms with Gasteiger partial charge >= 0.3 is 0 Å². The fourth-order valence-corrected chi connectivity index (χ4v) is 1.12. The molecule has 3 heteroatoms. The molecular formula is C8H18BrNO. The molecule has 0 aliphatic carbocycles. The molecule has 0 aromatic rings. The van der Waals surface area contributed by atoms with Crippen LogP contribution < -0.4 is 0 Å². The number of alkyl halides is 1. The summed E-state index contributed by atoms with van der Waals surface area (Å²) in [5, 5.41) is 1.07. The zero-order chi connectivity index (χ0) is 8.69. The van der Waals surface area contributed by atoms with Gasteiger partial charge in [-0.05, 0) is 13.0 Å². The Balaban J connectivity index is 3.27. The zero-order valence-electron chi connectivity index (χ0n) is 7.64. The van der Waals surface area contributed by atoms with Gasteiger partial charge in [0.05, 0.1) is 6.61 Å². The molecule has 0 bridgehead atoms. The molecule has 0 aromatic carbocycles. The smallest absolute Gasteiger partial charge is 0.0589 e. The molecule has 0 aromatic heterocycles. The minimum Gasteiger partial charge on any atom is -0.383 e. The van der Waals surface area contributed by atoms with Crippen LogP contribution >= 0.6 is 15.9 Å². The molecule has 1 unspecified atom stereocenters. The summed E-state index contributed by atoms with van der Waals surface area (Å²) in [6.45, 7) is 5.21. The van der Waals surface area contributed by atoms with Gasteiger partial charge in [0.1, 0.15) is 0 Å². The van der Waals surface area contributed by atoms with Crippen molar-refractivity contribution >= 4 is 15.9 Å². The van der Waals surface area contributed by atoms with Crippen molar-refractivity contribution in [1.82, 2.24) is 4.90 Å². The maximum atomic E-state index is 4.97. The Kier molecular flexibility index (Phi) is 7.33.